The van der Waals surface area contributed by atoms with Gasteiger partial charge in [-0.2, -0.15) is 0 Å². The maximum Gasteiger partial charge on any atom is 0.0329 e. The lowest BCUT2D eigenvalue weighted by molar-refractivity contribution is 0.142. The zero-order valence-electron chi connectivity index (χ0n) is 11.1. The Labute approximate surface area is 114 Å². The summed E-state index contributed by atoms with van der Waals surface area (Å²) < 4.78 is 0. The van der Waals surface area contributed by atoms with Crippen LogP contribution in [0.3, 0.4) is 0 Å². The first kappa shape index (κ1) is 12.6. The van der Waals surface area contributed by atoms with Crippen LogP contribution >= 0.6 is 11.3 Å². The van der Waals surface area contributed by atoms with Crippen LogP contribution in [0.25, 0.3) is 0 Å². The van der Waals surface area contributed by atoms with Crippen LogP contribution < -0.4 is 5.32 Å². The van der Waals surface area contributed by atoms with Gasteiger partial charge in [0.2, 0.25) is 0 Å². The number of nitrogens with zero attached hydrogens (tertiary/aromatic N) is 1. The predicted octanol–water partition coefficient (Wildman–Crippen LogP) is 3.10. The van der Waals surface area contributed by atoms with Gasteiger partial charge < -0.3 is 5.32 Å². The van der Waals surface area contributed by atoms with E-state index in [1.807, 2.05) is 11.3 Å². The highest BCUT2D eigenvalue weighted by Crippen LogP contribution is 2.28. The van der Waals surface area contributed by atoms with Crippen molar-refractivity contribution in [2.75, 3.05) is 19.6 Å². The second kappa shape index (κ2) is 6.18. The van der Waals surface area contributed by atoms with Crippen LogP contribution in [0.4, 0.5) is 0 Å². The summed E-state index contributed by atoms with van der Waals surface area (Å²) in [5.41, 5.74) is 0. The zero-order valence-corrected chi connectivity index (χ0v) is 11.9. The molecule has 1 aliphatic carbocycles. The summed E-state index contributed by atoms with van der Waals surface area (Å²) in [6.45, 7) is 4.79. The molecule has 0 amide bonds. The summed E-state index contributed by atoms with van der Waals surface area (Å²) >= 11 is 1.89. The van der Waals surface area contributed by atoms with Gasteiger partial charge >= 0.3 is 0 Å². The standard InChI is InChI=1S/C15H24N2S/c1-2-5-13(6-3-1)15-12-17(9-8-16-15)11-14-7-4-10-18-14/h4,7,10,13,15-16H,1-3,5-6,8-9,11-12H2. The quantitative estimate of drug-likeness (QED) is 0.902. The molecule has 1 saturated heterocycles. The Morgan fingerprint density at radius 3 is 2.94 bits per heavy atom. The maximum atomic E-state index is 3.76. The summed E-state index contributed by atoms with van der Waals surface area (Å²) in [4.78, 5) is 4.15. The van der Waals surface area contributed by atoms with Gasteiger partial charge in [-0.15, -0.1) is 11.3 Å². The molecule has 1 aromatic rings. The Morgan fingerprint density at radius 2 is 2.17 bits per heavy atom. The highest BCUT2D eigenvalue weighted by Gasteiger charge is 2.27. The van der Waals surface area contributed by atoms with E-state index in [1.165, 1.54) is 56.6 Å². The van der Waals surface area contributed by atoms with Gasteiger partial charge in [-0.05, 0) is 30.2 Å². The van der Waals surface area contributed by atoms with Crippen molar-refractivity contribution >= 4 is 11.3 Å². The van der Waals surface area contributed by atoms with Crippen molar-refractivity contribution in [2.45, 2.75) is 44.7 Å². The molecule has 2 fully saturated rings. The molecule has 1 N–H and O–H groups in total. The van der Waals surface area contributed by atoms with Crippen LogP contribution in [0.1, 0.15) is 37.0 Å². The van der Waals surface area contributed by atoms with Crippen molar-refractivity contribution in [1.82, 2.24) is 10.2 Å². The normalized spacial score (nSPS) is 27.4. The minimum atomic E-state index is 0.749. The average Bonchev–Trinajstić information content (AvgIpc) is 2.93. The van der Waals surface area contributed by atoms with Gasteiger partial charge in [0.1, 0.15) is 0 Å². The van der Waals surface area contributed by atoms with Crippen LogP contribution in [0.5, 0.6) is 0 Å². The third-order valence-electron chi connectivity index (χ3n) is 4.47. The molecule has 0 aromatic carbocycles. The Kier molecular flexibility index (Phi) is 4.34. The molecule has 18 heavy (non-hydrogen) atoms. The number of thiophene rings is 1. The SMILES string of the molecule is c1csc(CN2CCNC(C3CCCCC3)C2)c1. The van der Waals surface area contributed by atoms with Crippen molar-refractivity contribution < 1.29 is 0 Å². The molecule has 1 unspecified atom stereocenters. The second-order valence-corrected chi connectivity index (χ2v) is 6.81. The first-order valence-corrected chi connectivity index (χ1v) is 8.28. The fraction of sp³-hybridized carbons (Fsp3) is 0.733. The van der Waals surface area contributed by atoms with Crippen molar-refractivity contribution in [3.8, 4) is 0 Å². The highest BCUT2D eigenvalue weighted by molar-refractivity contribution is 7.09. The lowest BCUT2D eigenvalue weighted by atomic mass is 9.83. The van der Waals surface area contributed by atoms with E-state index < -0.39 is 0 Å². The molecule has 100 valence electrons. The van der Waals surface area contributed by atoms with Crippen molar-refractivity contribution in [3.63, 3.8) is 0 Å². The molecule has 0 radical (unpaired) electrons. The van der Waals surface area contributed by atoms with E-state index in [0.717, 1.165) is 18.5 Å². The van der Waals surface area contributed by atoms with Crippen molar-refractivity contribution in [3.05, 3.63) is 22.4 Å². The number of hydrogen-bond donors (Lipinski definition) is 1. The smallest absolute Gasteiger partial charge is 0.0329 e. The molecule has 1 saturated carbocycles. The third-order valence-corrected chi connectivity index (χ3v) is 5.33. The maximum absolute atomic E-state index is 3.76. The van der Waals surface area contributed by atoms with Gasteiger partial charge in [-0.3, -0.25) is 4.90 Å². The Morgan fingerprint density at radius 1 is 1.28 bits per heavy atom. The van der Waals surface area contributed by atoms with Gasteiger partial charge in [0.05, 0.1) is 0 Å². The Balaban J connectivity index is 1.54. The van der Waals surface area contributed by atoms with Crippen LogP contribution in [-0.4, -0.2) is 30.6 Å². The minimum Gasteiger partial charge on any atom is -0.311 e. The van der Waals surface area contributed by atoms with Gasteiger partial charge in [0, 0.05) is 37.1 Å². The van der Waals surface area contributed by atoms with E-state index in [0.29, 0.717) is 0 Å². The summed E-state index contributed by atoms with van der Waals surface area (Å²) in [6.07, 6.45) is 7.26. The summed E-state index contributed by atoms with van der Waals surface area (Å²) in [5, 5.41) is 5.95. The van der Waals surface area contributed by atoms with Crippen molar-refractivity contribution in [2.24, 2.45) is 5.92 Å². The first-order chi connectivity index (χ1) is 8.92. The molecule has 1 aromatic heterocycles. The molecule has 1 atom stereocenters. The summed E-state index contributed by atoms with van der Waals surface area (Å²) in [5.74, 6) is 0.935. The number of piperazine rings is 1. The zero-order chi connectivity index (χ0) is 12.2. The van der Waals surface area contributed by atoms with E-state index in [4.69, 9.17) is 0 Å². The third kappa shape index (κ3) is 3.14. The number of nitrogens with one attached hydrogen (secondary N) is 1. The lowest BCUT2D eigenvalue weighted by Crippen LogP contribution is -2.53. The van der Waals surface area contributed by atoms with Crippen LogP contribution in [0.2, 0.25) is 0 Å². The number of hydrogen-bond acceptors (Lipinski definition) is 3. The van der Waals surface area contributed by atoms with E-state index in [-0.39, 0.29) is 0 Å². The molecule has 2 nitrogen and oxygen atoms in total. The average molecular weight is 264 g/mol. The molecule has 2 aliphatic rings. The monoisotopic (exact) mass is 264 g/mol. The molecule has 3 rings (SSSR count). The van der Waals surface area contributed by atoms with Crippen LogP contribution in [0.15, 0.2) is 17.5 Å². The Bertz CT molecular complexity index is 343. The molecular weight excluding hydrogens is 240 g/mol. The number of rotatable bonds is 3. The van der Waals surface area contributed by atoms with E-state index in [1.54, 1.807) is 0 Å². The summed E-state index contributed by atoms with van der Waals surface area (Å²) in [7, 11) is 0. The summed E-state index contributed by atoms with van der Waals surface area (Å²) in [6, 6.07) is 5.18. The van der Waals surface area contributed by atoms with Gasteiger partial charge in [-0.25, -0.2) is 0 Å². The van der Waals surface area contributed by atoms with Crippen molar-refractivity contribution in [1.29, 1.82) is 0 Å². The minimum absolute atomic E-state index is 0.749. The van der Waals surface area contributed by atoms with Crippen LogP contribution in [0, 0.1) is 5.92 Å². The Hall–Kier alpha value is -0.380. The van der Waals surface area contributed by atoms with Gasteiger partial charge in [0.15, 0.2) is 0 Å². The van der Waals surface area contributed by atoms with E-state index in [2.05, 4.69) is 27.7 Å². The van der Waals surface area contributed by atoms with E-state index >= 15 is 0 Å². The molecule has 0 spiro atoms. The fourth-order valence-corrected chi connectivity index (χ4v) is 4.21. The molecule has 1 aliphatic heterocycles. The van der Waals surface area contributed by atoms with E-state index in [9.17, 15) is 0 Å². The first-order valence-electron chi connectivity index (χ1n) is 7.40. The van der Waals surface area contributed by atoms with Gasteiger partial charge in [0.25, 0.3) is 0 Å². The predicted molar refractivity (Wildman–Crippen MR) is 78.0 cm³/mol. The lowest BCUT2D eigenvalue weighted by Gasteiger charge is -2.39. The van der Waals surface area contributed by atoms with Gasteiger partial charge in [-0.1, -0.05) is 25.3 Å². The fourth-order valence-electron chi connectivity index (χ4n) is 3.46. The molecule has 2 heterocycles. The molecule has 0 bridgehead atoms. The van der Waals surface area contributed by atoms with Crippen LogP contribution in [-0.2, 0) is 6.54 Å². The second-order valence-electron chi connectivity index (χ2n) is 5.77. The topological polar surface area (TPSA) is 15.3 Å². The molecule has 3 heteroatoms. The highest BCUT2D eigenvalue weighted by atomic mass is 32.1. The molecular formula is C15H24N2S. The largest absolute Gasteiger partial charge is 0.311 e.